The van der Waals surface area contributed by atoms with Gasteiger partial charge in [-0.05, 0) is 0 Å². The van der Waals surface area contributed by atoms with Gasteiger partial charge in [0, 0.05) is 7.05 Å². The molecule has 3 N–H and O–H groups in total. The van der Waals surface area contributed by atoms with E-state index in [2.05, 4.69) is 10.3 Å². The highest BCUT2D eigenvalue weighted by molar-refractivity contribution is 6.35. The summed E-state index contributed by atoms with van der Waals surface area (Å²) in [6, 6.07) is 0. The highest BCUT2D eigenvalue weighted by Gasteiger charge is 2.14. The van der Waals surface area contributed by atoms with Gasteiger partial charge in [-0.1, -0.05) is 11.6 Å². The Bertz CT molecular complexity index is 401. The fourth-order valence-electron chi connectivity index (χ4n) is 0.772. The highest BCUT2D eigenvalue weighted by Crippen LogP contribution is 2.19. The third-order valence-corrected chi connectivity index (χ3v) is 1.69. The fourth-order valence-corrected chi connectivity index (χ4v) is 1.04. The molecule has 0 saturated heterocycles. The lowest BCUT2D eigenvalue weighted by Gasteiger charge is -2.02. The molecule has 0 aliphatic heterocycles. The molecule has 0 amide bonds. The van der Waals surface area contributed by atoms with Crippen molar-refractivity contribution in [1.82, 2.24) is 9.97 Å². The fraction of sp³-hybridized carbons (Fsp3) is 0.167. The van der Waals surface area contributed by atoms with Crippen LogP contribution in [0, 0.1) is 0 Å². The standard InChI is InChI=1S/C6H6ClN3O3/c1-8-4-2(7)3(5(11)12)9-6(13)10-4/h1H3,(H,11,12)(H2,8,9,10,13). The van der Waals surface area contributed by atoms with E-state index in [-0.39, 0.29) is 16.5 Å². The van der Waals surface area contributed by atoms with Crippen molar-refractivity contribution >= 4 is 23.4 Å². The third kappa shape index (κ3) is 1.78. The van der Waals surface area contributed by atoms with Crippen molar-refractivity contribution in [3.05, 3.63) is 21.2 Å². The molecular weight excluding hydrogens is 198 g/mol. The summed E-state index contributed by atoms with van der Waals surface area (Å²) in [4.78, 5) is 26.8. The number of rotatable bonds is 2. The van der Waals surface area contributed by atoms with Gasteiger partial charge < -0.3 is 10.4 Å². The average molecular weight is 204 g/mol. The molecule has 0 aliphatic rings. The van der Waals surface area contributed by atoms with E-state index in [4.69, 9.17) is 16.7 Å². The van der Waals surface area contributed by atoms with E-state index in [1.807, 2.05) is 4.98 Å². The number of aromatic amines is 1. The number of carboxylic acids is 1. The summed E-state index contributed by atoms with van der Waals surface area (Å²) in [7, 11) is 1.49. The number of hydrogen-bond donors (Lipinski definition) is 3. The van der Waals surface area contributed by atoms with E-state index < -0.39 is 11.7 Å². The largest absolute Gasteiger partial charge is 0.477 e. The first-order valence-electron chi connectivity index (χ1n) is 3.27. The van der Waals surface area contributed by atoms with Crippen LogP contribution in [0.5, 0.6) is 0 Å². The van der Waals surface area contributed by atoms with Gasteiger partial charge in [0.05, 0.1) is 0 Å². The smallest absolute Gasteiger partial charge is 0.354 e. The SMILES string of the molecule is CNc1nc(=O)[nH]c(C(=O)O)c1Cl. The van der Waals surface area contributed by atoms with Crippen LogP contribution in [-0.2, 0) is 0 Å². The number of carboxylic acid groups (broad SMARTS) is 1. The van der Waals surface area contributed by atoms with Crippen LogP contribution in [0.25, 0.3) is 0 Å². The normalized spacial score (nSPS) is 9.69. The molecule has 0 bridgehead atoms. The van der Waals surface area contributed by atoms with Crippen molar-refractivity contribution in [2.24, 2.45) is 0 Å². The topological polar surface area (TPSA) is 95.1 Å². The van der Waals surface area contributed by atoms with Crippen molar-refractivity contribution in [2.75, 3.05) is 12.4 Å². The van der Waals surface area contributed by atoms with E-state index >= 15 is 0 Å². The first-order valence-corrected chi connectivity index (χ1v) is 3.65. The van der Waals surface area contributed by atoms with Crippen LogP contribution in [0.4, 0.5) is 5.82 Å². The number of carbonyl (C=O) groups is 1. The minimum absolute atomic E-state index is 0.0443. The lowest BCUT2D eigenvalue weighted by Crippen LogP contribution is -2.18. The van der Waals surface area contributed by atoms with Gasteiger partial charge in [0.15, 0.2) is 11.5 Å². The van der Waals surface area contributed by atoms with Gasteiger partial charge in [0.1, 0.15) is 5.02 Å². The summed E-state index contributed by atoms with van der Waals surface area (Å²) in [5.41, 5.74) is -1.13. The summed E-state index contributed by atoms with van der Waals surface area (Å²) in [6.45, 7) is 0. The van der Waals surface area contributed by atoms with Crippen molar-refractivity contribution in [1.29, 1.82) is 0 Å². The number of aromatic carboxylic acids is 1. The van der Waals surface area contributed by atoms with Gasteiger partial charge in [-0.15, -0.1) is 0 Å². The number of halogens is 1. The van der Waals surface area contributed by atoms with Gasteiger partial charge in [-0.3, -0.25) is 4.98 Å². The molecule has 0 aromatic carbocycles. The van der Waals surface area contributed by atoms with Crippen LogP contribution in [0.3, 0.4) is 0 Å². The Balaban J connectivity index is 3.44. The summed E-state index contributed by atoms with van der Waals surface area (Å²) in [5.74, 6) is -1.26. The Morgan fingerprint density at radius 1 is 1.69 bits per heavy atom. The van der Waals surface area contributed by atoms with E-state index in [0.29, 0.717) is 0 Å². The first-order chi connectivity index (χ1) is 6.06. The molecule has 0 unspecified atom stereocenters. The number of anilines is 1. The molecule has 6 nitrogen and oxygen atoms in total. The Kier molecular flexibility index (Phi) is 2.52. The van der Waals surface area contributed by atoms with Crippen molar-refractivity contribution in [3.63, 3.8) is 0 Å². The van der Waals surface area contributed by atoms with Gasteiger partial charge >= 0.3 is 11.7 Å². The van der Waals surface area contributed by atoms with E-state index in [0.717, 1.165) is 0 Å². The molecule has 0 saturated carbocycles. The second kappa shape index (κ2) is 3.44. The number of hydrogen-bond acceptors (Lipinski definition) is 4. The third-order valence-electron chi connectivity index (χ3n) is 1.32. The average Bonchev–Trinajstić information content (AvgIpc) is 2.08. The lowest BCUT2D eigenvalue weighted by atomic mass is 10.4. The molecule has 1 aromatic heterocycles. The predicted molar refractivity (Wildman–Crippen MR) is 46.4 cm³/mol. The van der Waals surface area contributed by atoms with Crippen LogP contribution < -0.4 is 11.0 Å². The zero-order valence-electron chi connectivity index (χ0n) is 6.59. The van der Waals surface area contributed by atoms with Crippen molar-refractivity contribution in [3.8, 4) is 0 Å². The van der Waals surface area contributed by atoms with Gasteiger partial charge in [-0.25, -0.2) is 9.59 Å². The summed E-state index contributed by atoms with van der Waals surface area (Å²) in [6.07, 6.45) is 0. The summed E-state index contributed by atoms with van der Waals surface area (Å²) >= 11 is 5.60. The minimum Gasteiger partial charge on any atom is -0.477 e. The number of nitrogens with zero attached hydrogens (tertiary/aromatic N) is 1. The molecule has 0 fully saturated rings. The molecule has 70 valence electrons. The molecule has 0 aliphatic carbocycles. The monoisotopic (exact) mass is 203 g/mol. The molecule has 0 spiro atoms. The maximum Gasteiger partial charge on any atom is 0.354 e. The summed E-state index contributed by atoms with van der Waals surface area (Å²) < 4.78 is 0. The Labute approximate surface area is 77.6 Å². The molecule has 1 aromatic rings. The predicted octanol–water partition coefficient (Wildman–Crippen LogP) is 0.163. The highest BCUT2D eigenvalue weighted by atomic mass is 35.5. The van der Waals surface area contributed by atoms with Crippen molar-refractivity contribution < 1.29 is 9.90 Å². The molecule has 1 rings (SSSR count). The molecule has 13 heavy (non-hydrogen) atoms. The Hall–Kier alpha value is -1.56. The van der Waals surface area contributed by atoms with Crippen LogP contribution in [0.15, 0.2) is 4.79 Å². The van der Waals surface area contributed by atoms with Gasteiger partial charge in [-0.2, -0.15) is 4.98 Å². The summed E-state index contributed by atoms with van der Waals surface area (Å²) in [5, 5.41) is 11.0. The number of nitrogens with one attached hydrogen (secondary N) is 2. The molecule has 0 atom stereocenters. The van der Waals surface area contributed by atoms with Gasteiger partial charge in [0.2, 0.25) is 0 Å². The zero-order chi connectivity index (χ0) is 10.0. The Morgan fingerprint density at radius 3 is 2.77 bits per heavy atom. The van der Waals surface area contributed by atoms with E-state index in [1.54, 1.807) is 0 Å². The van der Waals surface area contributed by atoms with Gasteiger partial charge in [0.25, 0.3) is 0 Å². The van der Waals surface area contributed by atoms with Crippen LogP contribution in [-0.4, -0.2) is 28.1 Å². The van der Waals surface area contributed by atoms with Crippen LogP contribution >= 0.6 is 11.6 Å². The lowest BCUT2D eigenvalue weighted by molar-refractivity contribution is 0.0690. The molecular formula is C6H6ClN3O3. The second-order valence-corrected chi connectivity index (χ2v) is 2.51. The second-order valence-electron chi connectivity index (χ2n) is 2.13. The van der Waals surface area contributed by atoms with Crippen molar-refractivity contribution in [2.45, 2.75) is 0 Å². The first kappa shape index (κ1) is 9.53. The molecule has 0 radical (unpaired) electrons. The quantitative estimate of drug-likeness (QED) is 0.637. The molecule has 7 heteroatoms. The molecule has 1 heterocycles. The minimum atomic E-state index is -1.30. The van der Waals surface area contributed by atoms with E-state index in [9.17, 15) is 9.59 Å². The Morgan fingerprint density at radius 2 is 2.31 bits per heavy atom. The maximum absolute atomic E-state index is 10.8. The van der Waals surface area contributed by atoms with Crippen LogP contribution in [0.2, 0.25) is 5.02 Å². The number of aromatic nitrogens is 2. The van der Waals surface area contributed by atoms with E-state index in [1.165, 1.54) is 7.05 Å². The van der Waals surface area contributed by atoms with Crippen LogP contribution in [0.1, 0.15) is 10.5 Å². The number of H-pyrrole nitrogens is 1. The zero-order valence-corrected chi connectivity index (χ0v) is 7.34. The maximum atomic E-state index is 10.8.